The average Bonchev–Trinajstić information content (AvgIpc) is 2.83. The van der Waals surface area contributed by atoms with Crippen LogP contribution in [-0.4, -0.2) is 31.8 Å². The van der Waals surface area contributed by atoms with Crippen LogP contribution in [0.3, 0.4) is 0 Å². The Labute approximate surface area is 113 Å². The SMILES string of the molecule is CCc1nc(N(C)CC2CCOCC2)sc1CN. The van der Waals surface area contributed by atoms with Gasteiger partial charge in [-0.25, -0.2) is 4.98 Å². The summed E-state index contributed by atoms with van der Waals surface area (Å²) >= 11 is 1.74. The highest BCUT2D eigenvalue weighted by Crippen LogP contribution is 2.27. The standard InChI is InChI=1S/C13H23N3OS/c1-3-11-12(8-14)18-13(15-11)16(2)9-10-4-6-17-7-5-10/h10H,3-9,14H2,1-2H3. The number of aryl methyl sites for hydroxylation is 1. The third-order valence-electron chi connectivity index (χ3n) is 3.49. The first-order valence-corrected chi connectivity index (χ1v) is 7.53. The first-order valence-electron chi connectivity index (χ1n) is 6.72. The fraction of sp³-hybridized carbons (Fsp3) is 0.769. The quantitative estimate of drug-likeness (QED) is 0.888. The Hall–Kier alpha value is -0.650. The number of anilines is 1. The van der Waals surface area contributed by atoms with Gasteiger partial charge in [0.1, 0.15) is 0 Å². The van der Waals surface area contributed by atoms with Gasteiger partial charge >= 0.3 is 0 Å². The molecule has 0 atom stereocenters. The lowest BCUT2D eigenvalue weighted by Crippen LogP contribution is -2.29. The molecule has 1 aliphatic rings. The van der Waals surface area contributed by atoms with Crippen molar-refractivity contribution in [1.82, 2.24) is 4.98 Å². The van der Waals surface area contributed by atoms with Crippen LogP contribution in [0.1, 0.15) is 30.3 Å². The zero-order valence-corrected chi connectivity index (χ0v) is 12.1. The lowest BCUT2D eigenvalue weighted by atomic mass is 10.0. The highest BCUT2D eigenvalue weighted by atomic mass is 32.1. The number of aromatic nitrogens is 1. The summed E-state index contributed by atoms with van der Waals surface area (Å²) in [6.45, 7) is 5.63. The van der Waals surface area contributed by atoms with Gasteiger partial charge in [-0.15, -0.1) is 11.3 Å². The maximum atomic E-state index is 5.76. The summed E-state index contributed by atoms with van der Waals surface area (Å²) in [5.41, 5.74) is 6.92. The molecule has 2 heterocycles. The van der Waals surface area contributed by atoms with Gasteiger partial charge in [0.15, 0.2) is 5.13 Å². The van der Waals surface area contributed by atoms with E-state index in [9.17, 15) is 0 Å². The Kier molecular flexibility index (Phi) is 4.97. The fourth-order valence-corrected chi connectivity index (χ4v) is 3.36. The third kappa shape index (κ3) is 3.22. The molecule has 1 aromatic rings. The van der Waals surface area contributed by atoms with Crippen LogP contribution in [0, 0.1) is 5.92 Å². The van der Waals surface area contributed by atoms with E-state index >= 15 is 0 Å². The van der Waals surface area contributed by atoms with E-state index in [1.165, 1.54) is 17.7 Å². The normalized spacial score (nSPS) is 17.1. The molecule has 0 aliphatic carbocycles. The molecule has 0 aromatic carbocycles. The number of ether oxygens (including phenoxy) is 1. The van der Waals surface area contributed by atoms with Crippen molar-refractivity contribution in [3.8, 4) is 0 Å². The zero-order chi connectivity index (χ0) is 13.0. The van der Waals surface area contributed by atoms with E-state index in [2.05, 4.69) is 18.9 Å². The molecule has 1 aliphatic heterocycles. The summed E-state index contributed by atoms with van der Waals surface area (Å²) in [4.78, 5) is 8.20. The molecular formula is C13H23N3OS. The molecule has 1 fully saturated rings. The summed E-state index contributed by atoms with van der Waals surface area (Å²) < 4.78 is 5.40. The molecule has 18 heavy (non-hydrogen) atoms. The molecule has 0 spiro atoms. The Morgan fingerprint density at radius 3 is 2.72 bits per heavy atom. The molecule has 102 valence electrons. The number of rotatable bonds is 5. The predicted octanol–water partition coefficient (Wildman–Crippen LogP) is 2.03. The molecule has 0 saturated carbocycles. The van der Waals surface area contributed by atoms with Crippen molar-refractivity contribution < 1.29 is 4.74 Å². The van der Waals surface area contributed by atoms with Gasteiger partial charge in [-0.05, 0) is 25.2 Å². The lowest BCUT2D eigenvalue weighted by molar-refractivity contribution is 0.0685. The van der Waals surface area contributed by atoms with E-state index in [1.807, 2.05) is 0 Å². The minimum atomic E-state index is 0.603. The Morgan fingerprint density at radius 2 is 2.17 bits per heavy atom. The molecule has 4 nitrogen and oxygen atoms in total. The molecule has 2 N–H and O–H groups in total. The van der Waals surface area contributed by atoms with Gasteiger partial charge in [-0.1, -0.05) is 6.92 Å². The van der Waals surface area contributed by atoms with Gasteiger partial charge in [0.25, 0.3) is 0 Å². The van der Waals surface area contributed by atoms with E-state index in [1.54, 1.807) is 11.3 Å². The summed E-state index contributed by atoms with van der Waals surface area (Å²) in [5, 5.41) is 1.11. The number of hydrogen-bond donors (Lipinski definition) is 1. The minimum absolute atomic E-state index is 0.603. The number of nitrogens with zero attached hydrogens (tertiary/aromatic N) is 2. The Bertz CT molecular complexity index is 353. The summed E-state index contributed by atoms with van der Waals surface area (Å²) in [6, 6.07) is 0. The molecule has 0 unspecified atom stereocenters. The van der Waals surface area contributed by atoms with Crippen LogP contribution in [-0.2, 0) is 17.7 Å². The second kappa shape index (κ2) is 6.50. The lowest BCUT2D eigenvalue weighted by Gasteiger charge is -2.26. The van der Waals surface area contributed by atoms with Crippen molar-refractivity contribution in [1.29, 1.82) is 0 Å². The van der Waals surface area contributed by atoms with Crippen molar-refractivity contribution >= 4 is 16.5 Å². The van der Waals surface area contributed by atoms with Crippen molar-refractivity contribution in [3.05, 3.63) is 10.6 Å². The highest BCUT2D eigenvalue weighted by molar-refractivity contribution is 7.15. The molecule has 0 bridgehead atoms. The van der Waals surface area contributed by atoms with Crippen molar-refractivity contribution in [3.63, 3.8) is 0 Å². The molecule has 0 amide bonds. The van der Waals surface area contributed by atoms with Crippen molar-refractivity contribution in [2.24, 2.45) is 11.7 Å². The number of hydrogen-bond acceptors (Lipinski definition) is 5. The maximum absolute atomic E-state index is 5.76. The molecule has 1 aromatic heterocycles. The molecular weight excluding hydrogens is 246 g/mol. The van der Waals surface area contributed by atoms with Crippen LogP contribution >= 0.6 is 11.3 Å². The van der Waals surface area contributed by atoms with Crippen LogP contribution < -0.4 is 10.6 Å². The molecule has 0 radical (unpaired) electrons. The monoisotopic (exact) mass is 269 g/mol. The summed E-state index contributed by atoms with van der Waals surface area (Å²) in [5.74, 6) is 0.735. The van der Waals surface area contributed by atoms with E-state index in [0.29, 0.717) is 6.54 Å². The smallest absolute Gasteiger partial charge is 0.185 e. The Morgan fingerprint density at radius 1 is 1.44 bits per heavy atom. The third-order valence-corrected chi connectivity index (χ3v) is 4.72. The maximum Gasteiger partial charge on any atom is 0.185 e. The highest BCUT2D eigenvalue weighted by Gasteiger charge is 2.18. The first-order chi connectivity index (χ1) is 8.74. The van der Waals surface area contributed by atoms with Crippen LogP contribution in [0.15, 0.2) is 0 Å². The van der Waals surface area contributed by atoms with E-state index in [0.717, 1.165) is 42.9 Å². The zero-order valence-electron chi connectivity index (χ0n) is 11.3. The van der Waals surface area contributed by atoms with Crippen LogP contribution in [0.2, 0.25) is 0 Å². The van der Waals surface area contributed by atoms with Gasteiger partial charge in [0.2, 0.25) is 0 Å². The number of thiazole rings is 1. The van der Waals surface area contributed by atoms with Crippen molar-refractivity contribution in [2.75, 3.05) is 31.7 Å². The van der Waals surface area contributed by atoms with Crippen LogP contribution in [0.25, 0.3) is 0 Å². The van der Waals surface area contributed by atoms with E-state index in [4.69, 9.17) is 15.5 Å². The Balaban J connectivity index is 1.98. The first kappa shape index (κ1) is 13.8. The summed E-state index contributed by atoms with van der Waals surface area (Å²) in [6.07, 6.45) is 3.30. The van der Waals surface area contributed by atoms with Gasteiger partial charge in [0, 0.05) is 38.2 Å². The number of nitrogens with two attached hydrogens (primary N) is 1. The minimum Gasteiger partial charge on any atom is -0.381 e. The largest absolute Gasteiger partial charge is 0.381 e. The van der Waals surface area contributed by atoms with Gasteiger partial charge in [-0.2, -0.15) is 0 Å². The van der Waals surface area contributed by atoms with Crippen LogP contribution in [0.4, 0.5) is 5.13 Å². The summed E-state index contributed by atoms with van der Waals surface area (Å²) in [7, 11) is 2.13. The van der Waals surface area contributed by atoms with E-state index in [-0.39, 0.29) is 0 Å². The molecule has 5 heteroatoms. The average molecular weight is 269 g/mol. The second-order valence-electron chi connectivity index (χ2n) is 4.86. The van der Waals surface area contributed by atoms with Gasteiger partial charge in [-0.3, -0.25) is 0 Å². The fourth-order valence-electron chi connectivity index (χ4n) is 2.36. The van der Waals surface area contributed by atoms with E-state index < -0.39 is 0 Å². The molecule has 1 saturated heterocycles. The van der Waals surface area contributed by atoms with Crippen LogP contribution in [0.5, 0.6) is 0 Å². The van der Waals surface area contributed by atoms with Gasteiger partial charge < -0.3 is 15.4 Å². The van der Waals surface area contributed by atoms with Crippen molar-refractivity contribution in [2.45, 2.75) is 32.7 Å². The van der Waals surface area contributed by atoms with Gasteiger partial charge in [0.05, 0.1) is 5.69 Å². The second-order valence-corrected chi connectivity index (χ2v) is 5.92. The topological polar surface area (TPSA) is 51.4 Å². The predicted molar refractivity (Wildman–Crippen MR) is 76.2 cm³/mol. The molecule has 2 rings (SSSR count).